The number of halogens is 1. The van der Waals surface area contributed by atoms with Crippen LogP contribution in [0.5, 0.6) is 0 Å². The molecule has 0 saturated carbocycles. The highest BCUT2D eigenvalue weighted by molar-refractivity contribution is 5.63. The topological polar surface area (TPSA) is 28.7 Å². The minimum atomic E-state index is -0.218. The maximum atomic E-state index is 12.8. The van der Waals surface area contributed by atoms with Crippen LogP contribution in [0.25, 0.3) is 11.3 Å². The molecule has 0 aliphatic heterocycles. The van der Waals surface area contributed by atoms with Crippen molar-refractivity contribution in [3.63, 3.8) is 0 Å². The van der Waals surface area contributed by atoms with Gasteiger partial charge in [0.2, 0.25) is 0 Å². The van der Waals surface area contributed by atoms with Gasteiger partial charge in [-0.3, -0.25) is 5.10 Å². The van der Waals surface area contributed by atoms with Crippen molar-refractivity contribution in [2.45, 2.75) is 19.8 Å². The average Bonchev–Trinajstić information content (AvgIpc) is 2.67. The highest BCUT2D eigenvalue weighted by Gasteiger charge is 2.10. The predicted octanol–water partition coefficient (Wildman–Crippen LogP) is 3.34. The van der Waals surface area contributed by atoms with Crippen molar-refractivity contribution in [2.24, 2.45) is 0 Å². The van der Waals surface area contributed by atoms with Crippen molar-refractivity contribution in [3.05, 3.63) is 41.8 Å². The molecule has 2 aromatic rings. The van der Waals surface area contributed by atoms with Crippen molar-refractivity contribution in [1.82, 2.24) is 10.2 Å². The monoisotopic (exact) mass is 204 g/mol. The smallest absolute Gasteiger partial charge is 0.123 e. The van der Waals surface area contributed by atoms with Crippen LogP contribution in [0.1, 0.15) is 25.3 Å². The Bertz CT molecular complexity index is 443. The number of hydrogen-bond acceptors (Lipinski definition) is 1. The summed E-state index contributed by atoms with van der Waals surface area (Å²) >= 11 is 0. The molecule has 0 bridgehead atoms. The molecule has 0 aliphatic carbocycles. The van der Waals surface area contributed by atoms with Gasteiger partial charge in [-0.25, -0.2) is 4.39 Å². The van der Waals surface area contributed by atoms with Gasteiger partial charge in [-0.15, -0.1) is 0 Å². The van der Waals surface area contributed by atoms with Crippen LogP contribution in [-0.2, 0) is 0 Å². The third kappa shape index (κ3) is 1.91. The first-order valence-electron chi connectivity index (χ1n) is 4.97. The highest BCUT2D eigenvalue weighted by atomic mass is 19.1. The molecule has 1 N–H and O–H groups in total. The molecule has 1 aromatic carbocycles. The number of benzene rings is 1. The fraction of sp³-hybridized carbons (Fsp3) is 0.250. The molecule has 3 heteroatoms. The molecule has 2 rings (SSSR count). The van der Waals surface area contributed by atoms with E-state index in [0.29, 0.717) is 5.92 Å². The van der Waals surface area contributed by atoms with Crippen LogP contribution in [-0.4, -0.2) is 10.2 Å². The lowest BCUT2D eigenvalue weighted by Gasteiger charge is -2.05. The van der Waals surface area contributed by atoms with Crippen LogP contribution in [0.3, 0.4) is 0 Å². The second kappa shape index (κ2) is 3.85. The molecule has 0 aliphatic rings. The minimum absolute atomic E-state index is 0.218. The number of rotatable bonds is 2. The SMILES string of the molecule is CC(C)c1cn[nH]c1-c1ccc(F)cc1. The van der Waals surface area contributed by atoms with E-state index < -0.39 is 0 Å². The van der Waals surface area contributed by atoms with E-state index in [0.717, 1.165) is 16.8 Å². The van der Waals surface area contributed by atoms with Gasteiger partial charge in [0.05, 0.1) is 11.9 Å². The van der Waals surface area contributed by atoms with Crippen LogP contribution in [0.15, 0.2) is 30.5 Å². The lowest BCUT2D eigenvalue weighted by Crippen LogP contribution is -1.89. The van der Waals surface area contributed by atoms with Crippen molar-refractivity contribution in [2.75, 3.05) is 0 Å². The maximum absolute atomic E-state index is 12.8. The van der Waals surface area contributed by atoms with Gasteiger partial charge in [-0.1, -0.05) is 13.8 Å². The van der Waals surface area contributed by atoms with Gasteiger partial charge in [-0.05, 0) is 30.2 Å². The molecule has 1 aromatic heterocycles. The zero-order valence-electron chi connectivity index (χ0n) is 8.79. The van der Waals surface area contributed by atoms with Gasteiger partial charge in [0.15, 0.2) is 0 Å². The molecule has 78 valence electrons. The second-order valence-electron chi connectivity index (χ2n) is 3.86. The van der Waals surface area contributed by atoms with Crippen molar-refractivity contribution in [3.8, 4) is 11.3 Å². The Hall–Kier alpha value is -1.64. The Balaban J connectivity index is 2.45. The minimum Gasteiger partial charge on any atom is -0.278 e. The van der Waals surface area contributed by atoms with E-state index in [9.17, 15) is 4.39 Å². The van der Waals surface area contributed by atoms with Crippen LogP contribution in [0, 0.1) is 5.82 Å². The predicted molar refractivity (Wildman–Crippen MR) is 58.1 cm³/mol. The lowest BCUT2D eigenvalue weighted by atomic mass is 10.00. The molecule has 0 unspecified atom stereocenters. The maximum Gasteiger partial charge on any atom is 0.123 e. The summed E-state index contributed by atoms with van der Waals surface area (Å²) in [7, 11) is 0. The van der Waals surface area contributed by atoms with Crippen molar-refractivity contribution >= 4 is 0 Å². The van der Waals surface area contributed by atoms with Gasteiger partial charge < -0.3 is 0 Å². The molecule has 0 amide bonds. The summed E-state index contributed by atoms with van der Waals surface area (Å²) in [6, 6.07) is 6.43. The summed E-state index contributed by atoms with van der Waals surface area (Å²) in [5, 5.41) is 6.97. The number of H-pyrrole nitrogens is 1. The Morgan fingerprint density at radius 3 is 2.47 bits per heavy atom. The quantitative estimate of drug-likeness (QED) is 0.798. The number of nitrogens with zero attached hydrogens (tertiary/aromatic N) is 1. The Kier molecular flexibility index (Phi) is 2.54. The summed E-state index contributed by atoms with van der Waals surface area (Å²) in [6.07, 6.45) is 1.82. The fourth-order valence-electron chi connectivity index (χ4n) is 1.58. The van der Waals surface area contributed by atoms with E-state index >= 15 is 0 Å². The van der Waals surface area contributed by atoms with Gasteiger partial charge >= 0.3 is 0 Å². The van der Waals surface area contributed by atoms with E-state index in [4.69, 9.17) is 0 Å². The normalized spacial score (nSPS) is 10.9. The van der Waals surface area contributed by atoms with Crippen LogP contribution >= 0.6 is 0 Å². The first kappa shape index (κ1) is 9.90. The molecule has 0 atom stereocenters. The molecule has 2 nitrogen and oxygen atoms in total. The standard InChI is InChI=1S/C12H13FN2/c1-8(2)11-7-14-15-12(11)9-3-5-10(13)6-4-9/h3-8H,1-2H3,(H,14,15). The van der Waals surface area contributed by atoms with Crippen molar-refractivity contribution in [1.29, 1.82) is 0 Å². The lowest BCUT2D eigenvalue weighted by molar-refractivity contribution is 0.628. The number of aromatic amines is 1. The summed E-state index contributed by atoms with van der Waals surface area (Å²) in [5.74, 6) is 0.188. The van der Waals surface area contributed by atoms with E-state index in [1.807, 2.05) is 6.20 Å². The molecule has 0 spiro atoms. The molecule has 1 heterocycles. The summed E-state index contributed by atoms with van der Waals surface area (Å²) in [4.78, 5) is 0. The second-order valence-corrected chi connectivity index (χ2v) is 3.86. The summed E-state index contributed by atoms with van der Waals surface area (Å²) in [6.45, 7) is 4.22. The van der Waals surface area contributed by atoms with E-state index in [-0.39, 0.29) is 5.82 Å². The Morgan fingerprint density at radius 1 is 1.20 bits per heavy atom. The van der Waals surface area contributed by atoms with E-state index in [1.54, 1.807) is 12.1 Å². The average molecular weight is 204 g/mol. The Labute approximate surface area is 88.1 Å². The highest BCUT2D eigenvalue weighted by Crippen LogP contribution is 2.26. The number of aromatic nitrogens is 2. The third-order valence-corrected chi connectivity index (χ3v) is 2.42. The zero-order chi connectivity index (χ0) is 10.8. The van der Waals surface area contributed by atoms with Crippen molar-refractivity contribution < 1.29 is 4.39 Å². The van der Waals surface area contributed by atoms with Crippen LogP contribution in [0.4, 0.5) is 4.39 Å². The number of hydrogen-bond donors (Lipinski definition) is 1. The first-order chi connectivity index (χ1) is 7.18. The molecule has 0 fully saturated rings. The fourth-order valence-corrected chi connectivity index (χ4v) is 1.58. The van der Waals surface area contributed by atoms with E-state index in [2.05, 4.69) is 24.0 Å². The Morgan fingerprint density at radius 2 is 1.87 bits per heavy atom. The van der Waals surface area contributed by atoms with Gasteiger partial charge in [0.1, 0.15) is 5.82 Å². The van der Waals surface area contributed by atoms with E-state index in [1.165, 1.54) is 12.1 Å². The van der Waals surface area contributed by atoms with Crippen LogP contribution < -0.4 is 0 Å². The van der Waals surface area contributed by atoms with Gasteiger partial charge in [0.25, 0.3) is 0 Å². The first-order valence-corrected chi connectivity index (χ1v) is 4.97. The zero-order valence-corrected chi connectivity index (χ0v) is 8.79. The van der Waals surface area contributed by atoms with Gasteiger partial charge in [0, 0.05) is 11.1 Å². The molecule has 0 saturated heterocycles. The third-order valence-electron chi connectivity index (χ3n) is 2.42. The summed E-state index contributed by atoms with van der Waals surface area (Å²) < 4.78 is 12.8. The van der Waals surface area contributed by atoms with Crippen LogP contribution in [0.2, 0.25) is 0 Å². The largest absolute Gasteiger partial charge is 0.278 e. The van der Waals surface area contributed by atoms with Gasteiger partial charge in [-0.2, -0.15) is 5.10 Å². The summed E-state index contributed by atoms with van der Waals surface area (Å²) in [5.41, 5.74) is 3.10. The molecule has 15 heavy (non-hydrogen) atoms. The number of nitrogens with one attached hydrogen (secondary N) is 1. The molecular formula is C12H13FN2. The molecule has 0 radical (unpaired) electrons. The molecular weight excluding hydrogens is 191 g/mol.